The van der Waals surface area contributed by atoms with E-state index < -0.39 is 12.1 Å². The maximum atomic E-state index is 12.3. The largest absolute Gasteiger partial charge is 0.464 e. The third-order valence-electron chi connectivity index (χ3n) is 4.41. The molecule has 0 saturated carbocycles. The molecule has 0 aliphatic heterocycles. The molecule has 0 amide bonds. The van der Waals surface area contributed by atoms with Crippen LogP contribution in [-0.2, 0) is 16.0 Å². The monoisotopic (exact) mass is 370 g/mol. The first-order chi connectivity index (χ1) is 12.3. The molecule has 0 aliphatic carbocycles. The topological polar surface area (TPSA) is 56.5 Å². The smallest absolute Gasteiger partial charge is 0.311 e. The van der Waals surface area contributed by atoms with Crippen molar-refractivity contribution in [2.45, 2.75) is 33.3 Å². The van der Waals surface area contributed by atoms with E-state index in [9.17, 15) is 9.59 Å². The van der Waals surface area contributed by atoms with Gasteiger partial charge in [0, 0.05) is 21.5 Å². The van der Waals surface area contributed by atoms with Crippen molar-refractivity contribution in [3.63, 3.8) is 0 Å². The molecule has 26 heavy (non-hydrogen) atoms. The molecular formula is C21H19ClO4. The van der Waals surface area contributed by atoms with Crippen LogP contribution in [-0.4, -0.2) is 17.9 Å². The molecule has 4 nitrogen and oxygen atoms in total. The third-order valence-corrected chi connectivity index (χ3v) is 4.66. The van der Waals surface area contributed by atoms with Crippen molar-refractivity contribution < 1.29 is 18.7 Å². The Balaban J connectivity index is 1.69. The molecule has 3 aromatic rings. The first-order valence-electron chi connectivity index (χ1n) is 8.31. The van der Waals surface area contributed by atoms with Gasteiger partial charge in [-0.1, -0.05) is 11.6 Å². The van der Waals surface area contributed by atoms with Crippen molar-refractivity contribution in [3.05, 3.63) is 69.9 Å². The van der Waals surface area contributed by atoms with E-state index in [1.807, 2.05) is 26.0 Å². The molecule has 1 atom stereocenters. The Labute approximate surface area is 156 Å². The van der Waals surface area contributed by atoms with E-state index in [-0.39, 0.29) is 12.2 Å². The van der Waals surface area contributed by atoms with Crippen LogP contribution in [0.5, 0.6) is 0 Å². The number of hydrogen-bond acceptors (Lipinski definition) is 4. The number of rotatable bonds is 5. The number of ketones is 1. The van der Waals surface area contributed by atoms with Crippen molar-refractivity contribution in [1.82, 2.24) is 0 Å². The average Bonchev–Trinajstić information content (AvgIpc) is 2.97. The predicted molar refractivity (Wildman–Crippen MR) is 101 cm³/mol. The van der Waals surface area contributed by atoms with Crippen molar-refractivity contribution in [2.75, 3.05) is 0 Å². The highest BCUT2D eigenvalue weighted by Crippen LogP contribution is 2.25. The van der Waals surface area contributed by atoms with Gasteiger partial charge in [-0.15, -0.1) is 0 Å². The van der Waals surface area contributed by atoms with E-state index in [0.717, 1.165) is 27.7 Å². The highest BCUT2D eigenvalue weighted by atomic mass is 35.5. The summed E-state index contributed by atoms with van der Waals surface area (Å²) in [5, 5.41) is 1.44. The van der Waals surface area contributed by atoms with E-state index in [1.54, 1.807) is 37.5 Å². The standard InChI is InChI=1S/C21H19ClO4/c1-12-8-18-16(11-25-19(18)9-13(12)2)10-20(23)26-14(3)21(24)15-4-6-17(22)7-5-15/h4-9,11,14H,10H2,1-3H3/t14-/m0/s1. The fourth-order valence-electron chi connectivity index (χ4n) is 2.77. The van der Waals surface area contributed by atoms with Gasteiger partial charge in [-0.3, -0.25) is 9.59 Å². The van der Waals surface area contributed by atoms with E-state index in [4.69, 9.17) is 20.8 Å². The van der Waals surface area contributed by atoms with Gasteiger partial charge in [0.1, 0.15) is 5.58 Å². The Hall–Kier alpha value is -2.59. The summed E-state index contributed by atoms with van der Waals surface area (Å²) in [5.41, 5.74) is 4.19. The fourth-order valence-corrected chi connectivity index (χ4v) is 2.90. The number of fused-ring (bicyclic) bond motifs is 1. The van der Waals surface area contributed by atoms with Crippen LogP contribution >= 0.6 is 11.6 Å². The highest BCUT2D eigenvalue weighted by Gasteiger charge is 2.21. The zero-order valence-corrected chi connectivity index (χ0v) is 15.6. The van der Waals surface area contributed by atoms with E-state index in [1.165, 1.54) is 0 Å². The van der Waals surface area contributed by atoms with Crippen LogP contribution < -0.4 is 0 Å². The van der Waals surface area contributed by atoms with Crippen LogP contribution in [0.1, 0.15) is 34.0 Å². The molecule has 0 aliphatic rings. The molecule has 0 unspecified atom stereocenters. The number of benzene rings is 2. The third kappa shape index (κ3) is 3.81. The minimum atomic E-state index is -0.870. The lowest BCUT2D eigenvalue weighted by atomic mass is 10.0. The second-order valence-corrected chi connectivity index (χ2v) is 6.81. The molecule has 5 heteroatoms. The summed E-state index contributed by atoms with van der Waals surface area (Å²) < 4.78 is 10.8. The van der Waals surface area contributed by atoms with Crippen LogP contribution in [0.4, 0.5) is 0 Å². The van der Waals surface area contributed by atoms with Crippen molar-refractivity contribution in [2.24, 2.45) is 0 Å². The Morgan fingerprint density at radius 1 is 1.12 bits per heavy atom. The molecule has 1 heterocycles. The molecule has 3 rings (SSSR count). The van der Waals surface area contributed by atoms with Crippen molar-refractivity contribution in [3.8, 4) is 0 Å². The number of carbonyl (C=O) groups excluding carboxylic acids is 2. The van der Waals surface area contributed by atoms with Crippen LogP contribution in [0.25, 0.3) is 11.0 Å². The van der Waals surface area contributed by atoms with E-state index >= 15 is 0 Å². The number of hydrogen-bond donors (Lipinski definition) is 0. The summed E-state index contributed by atoms with van der Waals surface area (Å²) in [6.45, 7) is 5.59. The van der Waals surface area contributed by atoms with Crippen LogP contribution in [0.15, 0.2) is 47.1 Å². The minimum Gasteiger partial charge on any atom is -0.464 e. The van der Waals surface area contributed by atoms with Gasteiger partial charge in [-0.05, 0) is 68.3 Å². The summed E-state index contributed by atoms with van der Waals surface area (Å²) in [5.74, 6) is -0.737. The first-order valence-corrected chi connectivity index (χ1v) is 8.69. The van der Waals surface area contributed by atoms with E-state index in [2.05, 4.69) is 0 Å². The predicted octanol–water partition coefficient (Wildman–Crippen LogP) is 5.06. The molecule has 0 radical (unpaired) electrons. The lowest BCUT2D eigenvalue weighted by Crippen LogP contribution is -2.25. The van der Waals surface area contributed by atoms with Gasteiger partial charge in [0.15, 0.2) is 6.10 Å². The van der Waals surface area contributed by atoms with Crippen molar-refractivity contribution >= 4 is 34.3 Å². The second-order valence-electron chi connectivity index (χ2n) is 6.37. The summed E-state index contributed by atoms with van der Waals surface area (Å²) in [7, 11) is 0. The molecule has 134 valence electrons. The van der Waals surface area contributed by atoms with Gasteiger partial charge >= 0.3 is 5.97 Å². The number of furan rings is 1. The maximum Gasteiger partial charge on any atom is 0.311 e. The number of Topliss-reactive ketones (excluding diaryl/α,β-unsaturated/α-hetero) is 1. The van der Waals surface area contributed by atoms with Gasteiger partial charge in [0.25, 0.3) is 0 Å². The van der Waals surface area contributed by atoms with Gasteiger partial charge in [0.05, 0.1) is 12.7 Å². The molecule has 0 bridgehead atoms. The molecule has 2 aromatic carbocycles. The maximum absolute atomic E-state index is 12.3. The molecule has 0 N–H and O–H groups in total. The van der Waals surface area contributed by atoms with Gasteiger partial charge in [-0.2, -0.15) is 0 Å². The Morgan fingerprint density at radius 3 is 2.46 bits per heavy atom. The number of ether oxygens (including phenoxy) is 1. The Bertz CT molecular complexity index is 970. The second kappa shape index (κ2) is 7.34. The Kier molecular flexibility index (Phi) is 5.14. The number of esters is 1. The number of halogens is 1. The first kappa shape index (κ1) is 18.2. The number of aryl methyl sites for hydroxylation is 2. The summed E-state index contributed by atoms with van der Waals surface area (Å²) in [4.78, 5) is 24.6. The quantitative estimate of drug-likeness (QED) is 0.465. The lowest BCUT2D eigenvalue weighted by molar-refractivity contribution is -0.145. The highest BCUT2D eigenvalue weighted by molar-refractivity contribution is 6.30. The van der Waals surface area contributed by atoms with Gasteiger partial charge in [0.2, 0.25) is 5.78 Å². The average molecular weight is 371 g/mol. The SMILES string of the molecule is Cc1cc2occ(CC(=O)O[C@@H](C)C(=O)c3ccc(Cl)cc3)c2cc1C. The van der Waals surface area contributed by atoms with Gasteiger partial charge < -0.3 is 9.15 Å². The normalized spacial score (nSPS) is 12.2. The number of carbonyl (C=O) groups is 2. The summed E-state index contributed by atoms with van der Waals surface area (Å²) >= 11 is 5.82. The van der Waals surface area contributed by atoms with Crippen molar-refractivity contribution in [1.29, 1.82) is 0 Å². The summed E-state index contributed by atoms with van der Waals surface area (Å²) in [6.07, 6.45) is 0.746. The minimum absolute atomic E-state index is 0.0493. The Morgan fingerprint density at radius 2 is 1.77 bits per heavy atom. The zero-order chi connectivity index (χ0) is 18.8. The van der Waals surface area contributed by atoms with E-state index in [0.29, 0.717) is 10.6 Å². The molecule has 0 fully saturated rings. The zero-order valence-electron chi connectivity index (χ0n) is 14.8. The molecule has 0 spiro atoms. The van der Waals surface area contributed by atoms with Crippen LogP contribution in [0, 0.1) is 13.8 Å². The van der Waals surface area contributed by atoms with Crippen LogP contribution in [0.3, 0.4) is 0 Å². The molecule has 1 aromatic heterocycles. The molecule has 0 saturated heterocycles. The van der Waals surface area contributed by atoms with Crippen LogP contribution in [0.2, 0.25) is 5.02 Å². The summed E-state index contributed by atoms with van der Waals surface area (Å²) in [6, 6.07) is 10.4. The lowest BCUT2D eigenvalue weighted by Gasteiger charge is -2.12. The fraction of sp³-hybridized carbons (Fsp3) is 0.238. The van der Waals surface area contributed by atoms with Gasteiger partial charge in [-0.25, -0.2) is 0 Å². The molecular weight excluding hydrogens is 352 g/mol.